The lowest BCUT2D eigenvalue weighted by atomic mass is 10.1. The van der Waals surface area contributed by atoms with Crippen LogP contribution in [0.5, 0.6) is 11.5 Å². The Morgan fingerprint density at radius 1 is 1.08 bits per heavy atom. The fourth-order valence-electron chi connectivity index (χ4n) is 2.03. The summed E-state index contributed by atoms with van der Waals surface area (Å²) in [6, 6.07) is 3.74. The van der Waals surface area contributed by atoms with Crippen molar-refractivity contribution >= 4 is 22.2 Å². The second kappa shape index (κ2) is 14.0. The third-order valence-corrected chi connectivity index (χ3v) is 3.90. The second-order valence-corrected chi connectivity index (χ2v) is 6.28. The number of methoxy groups -OCH3 is 1. The SMILES string of the molecule is CCCCCCCCCC=O.COc1ccc(OC(F)(F)F)cc1Br. The Balaban J connectivity index is 0.000000477. The molecule has 0 spiro atoms. The first-order chi connectivity index (χ1) is 11.8. The van der Waals surface area contributed by atoms with Gasteiger partial charge in [0.25, 0.3) is 0 Å². The number of hydrogen-bond donors (Lipinski definition) is 0. The Hall–Kier alpha value is -1.24. The van der Waals surface area contributed by atoms with Crippen LogP contribution in [0.2, 0.25) is 0 Å². The van der Waals surface area contributed by atoms with Crippen molar-refractivity contribution in [3.05, 3.63) is 22.7 Å². The van der Waals surface area contributed by atoms with Crippen molar-refractivity contribution in [3.8, 4) is 11.5 Å². The summed E-state index contributed by atoms with van der Waals surface area (Å²) in [5, 5.41) is 0. The first-order valence-corrected chi connectivity index (χ1v) is 9.16. The quantitative estimate of drug-likeness (QED) is 0.309. The zero-order valence-electron chi connectivity index (χ0n) is 14.7. The molecule has 0 N–H and O–H groups in total. The van der Waals surface area contributed by atoms with Crippen LogP contribution >= 0.6 is 15.9 Å². The van der Waals surface area contributed by atoms with Crippen LogP contribution < -0.4 is 9.47 Å². The summed E-state index contributed by atoms with van der Waals surface area (Å²) < 4.78 is 44.3. The molecule has 1 aromatic carbocycles. The van der Waals surface area contributed by atoms with E-state index in [4.69, 9.17) is 4.74 Å². The lowest BCUT2D eigenvalue weighted by Gasteiger charge is -2.10. The van der Waals surface area contributed by atoms with Crippen molar-refractivity contribution in [1.29, 1.82) is 0 Å². The van der Waals surface area contributed by atoms with Gasteiger partial charge in [-0.05, 0) is 40.5 Å². The van der Waals surface area contributed by atoms with Gasteiger partial charge in [-0.3, -0.25) is 0 Å². The molecule has 0 amide bonds. The van der Waals surface area contributed by atoms with Crippen LogP contribution in [0.15, 0.2) is 22.7 Å². The molecular formula is C18H26BrF3O3. The molecule has 0 aliphatic carbocycles. The van der Waals surface area contributed by atoms with E-state index < -0.39 is 6.36 Å². The molecule has 0 fully saturated rings. The minimum absolute atomic E-state index is 0.287. The van der Waals surface area contributed by atoms with Gasteiger partial charge in [0.15, 0.2) is 0 Å². The van der Waals surface area contributed by atoms with Gasteiger partial charge in [0.1, 0.15) is 17.8 Å². The maximum absolute atomic E-state index is 11.8. The second-order valence-electron chi connectivity index (χ2n) is 5.42. The van der Waals surface area contributed by atoms with Gasteiger partial charge in [0, 0.05) is 6.42 Å². The molecule has 0 aliphatic rings. The van der Waals surface area contributed by atoms with E-state index in [1.807, 2.05) is 0 Å². The number of aldehydes is 1. The average Bonchev–Trinajstić information content (AvgIpc) is 2.53. The molecule has 25 heavy (non-hydrogen) atoms. The third-order valence-electron chi connectivity index (χ3n) is 3.28. The van der Waals surface area contributed by atoms with Gasteiger partial charge in [0.2, 0.25) is 0 Å². The molecule has 0 heterocycles. The zero-order valence-corrected chi connectivity index (χ0v) is 16.3. The largest absolute Gasteiger partial charge is 0.573 e. The number of alkyl halides is 3. The van der Waals surface area contributed by atoms with Crippen LogP contribution in [0.4, 0.5) is 13.2 Å². The summed E-state index contributed by atoms with van der Waals surface area (Å²) in [7, 11) is 1.42. The summed E-state index contributed by atoms with van der Waals surface area (Å²) in [6.45, 7) is 2.23. The normalized spacial score (nSPS) is 10.6. The molecule has 0 unspecified atom stereocenters. The van der Waals surface area contributed by atoms with Crippen molar-refractivity contribution in [2.45, 2.75) is 64.7 Å². The maximum atomic E-state index is 11.8. The van der Waals surface area contributed by atoms with Crippen LogP contribution in [0, 0.1) is 0 Å². The fraction of sp³-hybridized carbons (Fsp3) is 0.611. The number of ether oxygens (including phenoxy) is 2. The van der Waals surface area contributed by atoms with Crippen LogP contribution in [0.1, 0.15) is 58.3 Å². The van der Waals surface area contributed by atoms with Gasteiger partial charge in [0.05, 0.1) is 11.6 Å². The first kappa shape index (κ1) is 23.8. The number of benzene rings is 1. The average molecular weight is 427 g/mol. The van der Waals surface area contributed by atoms with Gasteiger partial charge in [-0.25, -0.2) is 0 Å². The summed E-state index contributed by atoms with van der Waals surface area (Å²) in [5.74, 6) is 0.157. The fourth-order valence-corrected chi connectivity index (χ4v) is 2.55. The first-order valence-electron chi connectivity index (χ1n) is 8.37. The molecule has 0 aliphatic heterocycles. The smallest absolute Gasteiger partial charge is 0.496 e. The lowest BCUT2D eigenvalue weighted by molar-refractivity contribution is -0.274. The van der Waals surface area contributed by atoms with E-state index in [1.54, 1.807) is 0 Å². The number of unbranched alkanes of at least 4 members (excludes halogenated alkanes) is 7. The lowest BCUT2D eigenvalue weighted by Crippen LogP contribution is -2.17. The molecule has 0 saturated carbocycles. The van der Waals surface area contributed by atoms with Gasteiger partial charge in [-0.15, -0.1) is 13.2 Å². The van der Waals surface area contributed by atoms with Crippen LogP contribution in [0.25, 0.3) is 0 Å². The number of rotatable bonds is 10. The highest BCUT2D eigenvalue weighted by atomic mass is 79.9. The summed E-state index contributed by atoms with van der Waals surface area (Å²) in [6.07, 6.45) is 6.16. The summed E-state index contributed by atoms with van der Waals surface area (Å²) in [5.41, 5.74) is 0. The van der Waals surface area contributed by atoms with E-state index in [9.17, 15) is 18.0 Å². The zero-order chi connectivity index (χ0) is 19.1. The maximum Gasteiger partial charge on any atom is 0.573 e. The van der Waals surface area contributed by atoms with E-state index in [1.165, 1.54) is 63.8 Å². The minimum atomic E-state index is -4.67. The number of halogens is 4. The van der Waals surface area contributed by atoms with Gasteiger partial charge in [-0.1, -0.05) is 45.4 Å². The molecule has 3 nitrogen and oxygen atoms in total. The topological polar surface area (TPSA) is 35.5 Å². The molecular weight excluding hydrogens is 401 g/mol. The summed E-state index contributed by atoms with van der Waals surface area (Å²) >= 11 is 3.04. The van der Waals surface area contributed by atoms with Gasteiger partial charge in [-0.2, -0.15) is 0 Å². The van der Waals surface area contributed by atoms with Crippen molar-refractivity contribution in [2.24, 2.45) is 0 Å². The standard InChI is InChI=1S/C10H20O.C8H6BrF3O2/c1-2-3-4-5-6-7-8-9-10-11;1-13-7-3-2-5(4-6(7)9)14-8(10,11)12/h10H,2-9H2,1H3;2-4H,1H3. The Kier molecular flexibility index (Phi) is 13.3. The number of carbonyl (C=O) groups excluding carboxylic acids is 1. The molecule has 0 bridgehead atoms. The van der Waals surface area contributed by atoms with Crippen LogP contribution in [-0.2, 0) is 4.79 Å². The van der Waals surface area contributed by atoms with E-state index in [2.05, 4.69) is 27.6 Å². The Morgan fingerprint density at radius 3 is 2.16 bits per heavy atom. The van der Waals surface area contributed by atoms with Crippen LogP contribution in [-0.4, -0.2) is 19.8 Å². The molecule has 0 saturated heterocycles. The van der Waals surface area contributed by atoms with E-state index in [0.717, 1.165) is 19.1 Å². The Morgan fingerprint density at radius 2 is 1.68 bits per heavy atom. The molecule has 1 aromatic rings. The number of hydrogen-bond acceptors (Lipinski definition) is 3. The Labute approximate surface area is 156 Å². The highest BCUT2D eigenvalue weighted by Gasteiger charge is 2.31. The van der Waals surface area contributed by atoms with E-state index in [-0.39, 0.29) is 5.75 Å². The molecule has 1 rings (SSSR count). The van der Waals surface area contributed by atoms with Crippen molar-refractivity contribution in [3.63, 3.8) is 0 Å². The minimum Gasteiger partial charge on any atom is -0.496 e. The van der Waals surface area contributed by atoms with Crippen molar-refractivity contribution < 1.29 is 27.4 Å². The predicted molar refractivity (Wildman–Crippen MR) is 96.1 cm³/mol. The predicted octanol–water partition coefficient (Wildman–Crippen LogP) is 6.68. The highest BCUT2D eigenvalue weighted by molar-refractivity contribution is 9.10. The van der Waals surface area contributed by atoms with Gasteiger partial charge < -0.3 is 14.3 Å². The molecule has 144 valence electrons. The highest BCUT2D eigenvalue weighted by Crippen LogP contribution is 2.31. The van der Waals surface area contributed by atoms with Gasteiger partial charge >= 0.3 is 6.36 Å². The molecule has 0 aromatic heterocycles. The summed E-state index contributed by atoms with van der Waals surface area (Å²) in [4.78, 5) is 9.94. The number of carbonyl (C=O) groups is 1. The van der Waals surface area contributed by atoms with Crippen LogP contribution in [0.3, 0.4) is 0 Å². The van der Waals surface area contributed by atoms with E-state index >= 15 is 0 Å². The molecule has 0 atom stereocenters. The monoisotopic (exact) mass is 426 g/mol. The third kappa shape index (κ3) is 13.7. The molecule has 7 heteroatoms. The van der Waals surface area contributed by atoms with Crippen molar-refractivity contribution in [1.82, 2.24) is 0 Å². The van der Waals surface area contributed by atoms with Crippen molar-refractivity contribution in [2.75, 3.05) is 7.11 Å². The molecule has 0 radical (unpaired) electrons. The van der Waals surface area contributed by atoms with E-state index in [0.29, 0.717) is 10.2 Å². The Bertz CT molecular complexity index is 479.